The van der Waals surface area contributed by atoms with Gasteiger partial charge in [-0.25, -0.2) is 4.39 Å². The highest BCUT2D eigenvalue weighted by Gasteiger charge is 2.43. The minimum absolute atomic E-state index is 0.0432. The standard InChI is InChI=1S/C14H14ClFO/c15-13-4-3-10(16)7-12(13)14(17)11-6-8-1-2-9(11)5-8/h3-4,7-9,11H,1-2,5-6H2. The summed E-state index contributed by atoms with van der Waals surface area (Å²) in [5.41, 5.74) is 0.365. The lowest BCUT2D eigenvalue weighted by molar-refractivity contribution is 0.0874. The highest BCUT2D eigenvalue weighted by Crippen LogP contribution is 2.49. The van der Waals surface area contributed by atoms with Crippen LogP contribution in [0.1, 0.15) is 36.0 Å². The van der Waals surface area contributed by atoms with E-state index in [-0.39, 0.29) is 17.5 Å². The van der Waals surface area contributed by atoms with E-state index >= 15 is 0 Å². The molecule has 0 radical (unpaired) electrons. The molecule has 1 aromatic carbocycles. The lowest BCUT2D eigenvalue weighted by atomic mass is 9.83. The maximum atomic E-state index is 13.2. The van der Waals surface area contributed by atoms with Gasteiger partial charge in [-0.1, -0.05) is 18.0 Å². The summed E-state index contributed by atoms with van der Waals surface area (Å²) in [6.07, 6.45) is 4.54. The van der Waals surface area contributed by atoms with Gasteiger partial charge < -0.3 is 0 Å². The summed E-state index contributed by atoms with van der Waals surface area (Å²) < 4.78 is 13.2. The minimum atomic E-state index is -0.388. The molecule has 3 heteroatoms. The van der Waals surface area contributed by atoms with Gasteiger partial charge in [0, 0.05) is 11.5 Å². The molecule has 0 heterocycles. The first-order chi connectivity index (χ1) is 8.15. The van der Waals surface area contributed by atoms with Gasteiger partial charge in [0.05, 0.1) is 5.02 Å². The molecule has 1 nitrogen and oxygen atoms in total. The summed E-state index contributed by atoms with van der Waals surface area (Å²) in [6, 6.07) is 4.04. The van der Waals surface area contributed by atoms with Crippen LogP contribution >= 0.6 is 11.6 Å². The van der Waals surface area contributed by atoms with Crippen LogP contribution in [0.15, 0.2) is 18.2 Å². The quantitative estimate of drug-likeness (QED) is 0.725. The van der Waals surface area contributed by atoms with E-state index in [1.54, 1.807) is 0 Å². The summed E-state index contributed by atoms with van der Waals surface area (Å²) in [5, 5.41) is 0.374. The van der Waals surface area contributed by atoms with Crippen molar-refractivity contribution in [1.82, 2.24) is 0 Å². The number of Topliss-reactive ketones (excluding diaryl/α,β-unsaturated/α-hetero) is 1. The average molecular weight is 253 g/mol. The first-order valence-electron chi connectivity index (χ1n) is 6.14. The van der Waals surface area contributed by atoms with E-state index < -0.39 is 0 Å². The van der Waals surface area contributed by atoms with E-state index in [0.29, 0.717) is 22.4 Å². The van der Waals surface area contributed by atoms with Gasteiger partial charge in [0.15, 0.2) is 5.78 Å². The van der Waals surface area contributed by atoms with E-state index in [2.05, 4.69) is 0 Å². The first kappa shape index (κ1) is 11.2. The average Bonchev–Trinajstić information content (AvgIpc) is 2.93. The number of rotatable bonds is 2. The Hall–Kier alpha value is -0.890. The van der Waals surface area contributed by atoms with Gasteiger partial charge in [-0.15, -0.1) is 0 Å². The fourth-order valence-electron chi connectivity index (χ4n) is 3.45. The van der Waals surface area contributed by atoms with Crippen molar-refractivity contribution in [2.75, 3.05) is 0 Å². The molecule has 2 aliphatic carbocycles. The van der Waals surface area contributed by atoms with E-state index in [1.807, 2.05) is 0 Å². The third-order valence-corrected chi connectivity index (χ3v) is 4.60. The zero-order chi connectivity index (χ0) is 12.0. The molecule has 0 amide bonds. The smallest absolute Gasteiger partial charge is 0.167 e. The van der Waals surface area contributed by atoms with Crippen molar-refractivity contribution in [3.05, 3.63) is 34.6 Å². The SMILES string of the molecule is O=C(c1cc(F)ccc1Cl)C1CC2CCC1C2. The van der Waals surface area contributed by atoms with Crippen molar-refractivity contribution in [2.24, 2.45) is 17.8 Å². The third kappa shape index (κ3) is 1.89. The second kappa shape index (κ2) is 4.09. The molecular weight excluding hydrogens is 239 g/mol. The maximum absolute atomic E-state index is 13.2. The van der Waals surface area contributed by atoms with Gasteiger partial charge in [-0.3, -0.25) is 4.79 Å². The van der Waals surface area contributed by atoms with Crippen LogP contribution in [0.3, 0.4) is 0 Å². The second-order valence-electron chi connectivity index (χ2n) is 5.27. The number of benzene rings is 1. The summed E-state index contributed by atoms with van der Waals surface area (Å²) in [4.78, 5) is 12.4. The number of ketones is 1. The molecule has 0 saturated heterocycles. The van der Waals surface area contributed by atoms with Crippen LogP contribution < -0.4 is 0 Å². The second-order valence-corrected chi connectivity index (χ2v) is 5.68. The molecule has 0 N–H and O–H groups in total. The summed E-state index contributed by atoms with van der Waals surface area (Å²) in [6.45, 7) is 0. The van der Waals surface area contributed by atoms with Gasteiger partial charge in [0.2, 0.25) is 0 Å². The van der Waals surface area contributed by atoms with Crippen LogP contribution in [0.2, 0.25) is 5.02 Å². The van der Waals surface area contributed by atoms with E-state index in [4.69, 9.17) is 11.6 Å². The molecule has 0 aliphatic heterocycles. The lowest BCUT2D eigenvalue weighted by Gasteiger charge is -2.20. The number of halogens is 2. The Morgan fingerprint density at radius 3 is 2.76 bits per heavy atom. The van der Waals surface area contributed by atoms with Crippen molar-refractivity contribution in [1.29, 1.82) is 0 Å². The van der Waals surface area contributed by atoms with Gasteiger partial charge in [0.1, 0.15) is 5.82 Å². The molecule has 3 atom stereocenters. The van der Waals surface area contributed by atoms with Crippen LogP contribution in [0, 0.1) is 23.6 Å². The number of carbonyl (C=O) groups excluding carboxylic acids is 1. The Balaban J connectivity index is 1.89. The van der Waals surface area contributed by atoms with Crippen LogP contribution in [-0.4, -0.2) is 5.78 Å². The van der Waals surface area contributed by atoms with Gasteiger partial charge >= 0.3 is 0 Å². The Kier molecular flexibility index (Phi) is 2.70. The van der Waals surface area contributed by atoms with Gasteiger partial charge in [-0.05, 0) is 49.3 Å². The van der Waals surface area contributed by atoms with Crippen LogP contribution in [0.25, 0.3) is 0 Å². The highest BCUT2D eigenvalue weighted by molar-refractivity contribution is 6.34. The third-order valence-electron chi connectivity index (χ3n) is 4.27. The zero-order valence-corrected chi connectivity index (χ0v) is 10.2. The Bertz CT molecular complexity index is 471. The molecule has 2 aliphatic rings. The summed E-state index contributed by atoms with van der Waals surface area (Å²) in [7, 11) is 0. The zero-order valence-electron chi connectivity index (χ0n) is 9.46. The molecule has 2 fully saturated rings. The van der Waals surface area contributed by atoms with Crippen molar-refractivity contribution < 1.29 is 9.18 Å². The van der Waals surface area contributed by atoms with Crippen molar-refractivity contribution in [3.63, 3.8) is 0 Å². The molecule has 0 spiro atoms. The van der Waals surface area contributed by atoms with Gasteiger partial charge in [-0.2, -0.15) is 0 Å². The lowest BCUT2D eigenvalue weighted by Crippen LogP contribution is -2.21. The molecule has 1 aromatic rings. The fourth-order valence-corrected chi connectivity index (χ4v) is 3.66. The molecule has 90 valence electrons. The van der Waals surface area contributed by atoms with Gasteiger partial charge in [0.25, 0.3) is 0 Å². The molecule has 3 rings (SSSR count). The first-order valence-corrected chi connectivity index (χ1v) is 6.52. The Morgan fingerprint density at radius 1 is 1.29 bits per heavy atom. The number of fused-ring (bicyclic) bond motifs is 2. The van der Waals surface area contributed by atoms with Crippen molar-refractivity contribution >= 4 is 17.4 Å². The predicted octanol–water partition coefficient (Wildman–Crippen LogP) is 4.10. The normalized spacial score (nSPS) is 30.8. The fraction of sp³-hybridized carbons (Fsp3) is 0.500. The molecular formula is C14H14ClFO. The van der Waals surface area contributed by atoms with E-state index in [9.17, 15) is 9.18 Å². The van der Waals surface area contributed by atoms with E-state index in [0.717, 1.165) is 12.8 Å². The highest BCUT2D eigenvalue weighted by atomic mass is 35.5. The topological polar surface area (TPSA) is 17.1 Å². The number of hydrogen-bond donors (Lipinski definition) is 0. The Morgan fingerprint density at radius 2 is 2.12 bits per heavy atom. The summed E-state index contributed by atoms with van der Waals surface area (Å²) >= 11 is 5.98. The summed E-state index contributed by atoms with van der Waals surface area (Å²) in [5.74, 6) is 0.948. The molecule has 17 heavy (non-hydrogen) atoms. The van der Waals surface area contributed by atoms with Crippen LogP contribution in [-0.2, 0) is 0 Å². The number of hydrogen-bond acceptors (Lipinski definition) is 1. The van der Waals surface area contributed by atoms with Crippen molar-refractivity contribution in [2.45, 2.75) is 25.7 Å². The molecule has 2 saturated carbocycles. The monoisotopic (exact) mass is 252 g/mol. The molecule has 3 unspecified atom stereocenters. The molecule has 0 aromatic heterocycles. The van der Waals surface area contributed by atoms with Crippen molar-refractivity contribution in [3.8, 4) is 0 Å². The Labute approximate surface area is 105 Å². The maximum Gasteiger partial charge on any atom is 0.167 e. The van der Waals surface area contributed by atoms with Crippen LogP contribution in [0.5, 0.6) is 0 Å². The minimum Gasteiger partial charge on any atom is -0.294 e. The number of carbonyl (C=O) groups is 1. The predicted molar refractivity (Wildman–Crippen MR) is 64.7 cm³/mol. The van der Waals surface area contributed by atoms with Crippen LogP contribution in [0.4, 0.5) is 4.39 Å². The molecule has 2 bridgehead atoms. The van der Waals surface area contributed by atoms with E-state index in [1.165, 1.54) is 31.0 Å². The largest absolute Gasteiger partial charge is 0.294 e.